The van der Waals surface area contributed by atoms with Gasteiger partial charge in [-0.3, -0.25) is 28.8 Å². The summed E-state index contributed by atoms with van der Waals surface area (Å²) >= 11 is 7.99. The van der Waals surface area contributed by atoms with Crippen molar-refractivity contribution in [1.82, 2.24) is 18.8 Å². The molecule has 2 aliphatic rings. The molecular weight excluding hydrogens is 1050 g/mol. The monoisotopic (exact) mass is 1110 g/mol. The molecule has 0 spiro atoms. The van der Waals surface area contributed by atoms with Crippen molar-refractivity contribution in [3.05, 3.63) is 122 Å². The van der Waals surface area contributed by atoms with E-state index < -0.39 is 80.6 Å². The van der Waals surface area contributed by atoms with Gasteiger partial charge in [-0.2, -0.15) is 4.31 Å². The van der Waals surface area contributed by atoms with Gasteiger partial charge in [0, 0.05) is 48.5 Å². The highest BCUT2D eigenvalue weighted by Gasteiger charge is 2.42. The molecule has 21 heteroatoms. The van der Waals surface area contributed by atoms with E-state index in [4.69, 9.17) is 25.8 Å². The van der Waals surface area contributed by atoms with E-state index in [1.807, 2.05) is 38.1 Å². The summed E-state index contributed by atoms with van der Waals surface area (Å²) in [6.07, 6.45) is 1.07. The van der Waals surface area contributed by atoms with Gasteiger partial charge in [0.15, 0.2) is 17.2 Å². The highest BCUT2D eigenvalue weighted by molar-refractivity contribution is 7.88. The van der Waals surface area contributed by atoms with Gasteiger partial charge in [-0.05, 0) is 139 Å². The molecule has 0 aliphatic carbocycles. The van der Waals surface area contributed by atoms with E-state index in [0.29, 0.717) is 56.7 Å². The molecule has 1 unspecified atom stereocenters. The Balaban J connectivity index is 0.886. The fourth-order valence-corrected chi connectivity index (χ4v) is 13.2. The Morgan fingerprint density at radius 3 is 2.26 bits per heavy atom. The van der Waals surface area contributed by atoms with Crippen LogP contribution in [0.1, 0.15) is 108 Å². The number of imidazole rings is 1. The van der Waals surface area contributed by atoms with Crippen molar-refractivity contribution < 1.29 is 51.0 Å². The lowest BCUT2D eigenvalue weighted by Gasteiger charge is -2.45. The maximum atomic E-state index is 15.8. The fourth-order valence-electron chi connectivity index (χ4n) is 9.76. The highest BCUT2D eigenvalue weighted by Crippen LogP contribution is 2.47. The number of hydrogen-bond acceptors (Lipinski definition) is 13. The Morgan fingerprint density at radius 2 is 1.57 bits per heavy atom. The Bertz CT molecular complexity index is 3500. The minimum Gasteiger partial charge on any atom is -0.479 e. The second-order valence-electron chi connectivity index (χ2n) is 22.0. The van der Waals surface area contributed by atoms with E-state index >= 15 is 4.39 Å². The number of ether oxygens (including phenoxy) is 3. The molecule has 3 N–H and O–H groups in total. The number of nitrogens with zero attached hydrogens (tertiary/aromatic N) is 3. The summed E-state index contributed by atoms with van der Waals surface area (Å²) in [5, 5.41) is 8.80. The topological polar surface area (TPSA) is 213 Å². The lowest BCUT2D eigenvalue weighted by atomic mass is 9.89. The number of aryl methyl sites for hydroxylation is 1. The molecule has 2 atom stereocenters. The summed E-state index contributed by atoms with van der Waals surface area (Å²) in [4.78, 5) is 77.5. The van der Waals surface area contributed by atoms with E-state index in [-0.39, 0.29) is 58.8 Å². The third kappa shape index (κ3) is 13.1. The first-order valence-corrected chi connectivity index (χ1v) is 27.9. The fraction of sp³-hybridized carbons (Fsp3) is 0.393. The molecule has 0 saturated carbocycles. The van der Waals surface area contributed by atoms with Gasteiger partial charge >= 0.3 is 17.6 Å². The first-order valence-electron chi connectivity index (χ1n) is 25.1. The number of nitrogens with one attached hydrogen (secondary N) is 3. The van der Waals surface area contributed by atoms with Crippen molar-refractivity contribution in [3.8, 4) is 27.3 Å². The third-order valence-electron chi connectivity index (χ3n) is 13.0. The summed E-state index contributed by atoms with van der Waals surface area (Å²) < 4.78 is 65.2. The number of anilines is 2. The molecule has 0 bridgehead atoms. The number of piperidine rings is 2. The van der Waals surface area contributed by atoms with Gasteiger partial charge in [-0.25, -0.2) is 27.2 Å². The lowest BCUT2D eigenvalue weighted by molar-refractivity contribution is -0.157. The smallest absolute Gasteiger partial charge is 0.352 e. The molecule has 0 radical (unpaired) electrons. The van der Waals surface area contributed by atoms with Gasteiger partial charge in [-0.15, -0.1) is 11.3 Å². The number of halogens is 2. The van der Waals surface area contributed by atoms with E-state index in [2.05, 4.69) is 16.0 Å². The quantitative estimate of drug-likeness (QED) is 0.0648. The molecule has 2 saturated heterocycles. The van der Waals surface area contributed by atoms with Crippen LogP contribution in [-0.4, -0.2) is 87.5 Å². The Hall–Kier alpha value is -6.87. The number of thiophene rings is 1. The number of hydrogen-bond donors (Lipinski definition) is 3. The highest BCUT2D eigenvalue weighted by atomic mass is 35.5. The molecule has 6 aromatic rings. The van der Waals surface area contributed by atoms with Crippen LogP contribution in [0, 0.1) is 5.82 Å². The Labute approximate surface area is 455 Å². The molecule has 2 fully saturated rings. The number of carbonyl (C=O) groups excluding carboxylic acids is 5. The number of esters is 2. The van der Waals surface area contributed by atoms with Crippen molar-refractivity contribution in [2.75, 3.05) is 23.8 Å². The Kier molecular flexibility index (Phi) is 16.0. The SMILES string of the molecule is Cn1c(=O)n(C2CCC(=O)NC2=O)c2ccc(-c3ccc(CC(=O)Nc4cccc(CS(=O)(=O)N5CC[C@H](Nc6cccc(-c7sc(C(=O)OC(C)(C)C)c(OCC(=O)OC(C)(C)C)c7Cl)c6)CC5(C)C)c4)cc3F)cc21. The van der Waals surface area contributed by atoms with E-state index in [9.17, 15) is 37.2 Å². The summed E-state index contributed by atoms with van der Waals surface area (Å²) in [6.45, 7) is 14.0. The number of imide groups is 1. The third-order valence-corrected chi connectivity index (χ3v) is 16.7. The summed E-state index contributed by atoms with van der Waals surface area (Å²) in [5.41, 5.74) is 1.49. The van der Waals surface area contributed by atoms with Gasteiger partial charge in [-0.1, -0.05) is 54.1 Å². The van der Waals surface area contributed by atoms with Gasteiger partial charge in [0.2, 0.25) is 27.7 Å². The zero-order valence-corrected chi connectivity index (χ0v) is 46.7. The van der Waals surface area contributed by atoms with Crippen LogP contribution in [0.5, 0.6) is 5.75 Å². The average Bonchev–Trinajstić information content (AvgIpc) is 3.77. The summed E-state index contributed by atoms with van der Waals surface area (Å²) in [6, 6.07) is 22.5. The van der Waals surface area contributed by atoms with Crippen LogP contribution < -0.4 is 26.4 Å². The van der Waals surface area contributed by atoms with Gasteiger partial charge in [0.1, 0.15) is 28.1 Å². The molecule has 77 heavy (non-hydrogen) atoms. The van der Waals surface area contributed by atoms with Crippen LogP contribution in [0.15, 0.2) is 89.7 Å². The number of carbonyl (C=O) groups is 5. The number of amides is 3. The molecule has 408 valence electrons. The lowest BCUT2D eigenvalue weighted by Crippen LogP contribution is -2.55. The second-order valence-corrected chi connectivity index (χ2v) is 25.2. The molecule has 17 nitrogen and oxygen atoms in total. The summed E-state index contributed by atoms with van der Waals surface area (Å²) in [7, 11) is -2.31. The van der Waals surface area contributed by atoms with Crippen LogP contribution in [0.3, 0.4) is 0 Å². The predicted octanol–water partition coefficient (Wildman–Crippen LogP) is 9.55. The van der Waals surface area contributed by atoms with E-state index in [1.54, 1.807) is 103 Å². The maximum Gasteiger partial charge on any atom is 0.352 e. The summed E-state index contributed by atoms with van der Waals surface area (Å²) in [5.74, 6) is -3.57. The molecule has 2 aliphatic heterocycles. The standard InChI is InChI=1S/C56H62ClFN6O11S2/c1-54(2,3)74-46(67)30-73-48-47(57)49(76-50(48)52(69)75-55(4,5)6)35-13-11-15-37(27-35)59-38-22-23-63(56(7,8)29-38)77(71,72)31-33-12-10-14-36(24-33)60-45(66)26-32-16-18-39(40(58)25-32)34-17-19-41-43(28-34)62(9)53(70)64(41)42-20-21-44(65)61-51(42)68/h10-19,24-25,27-28,38,42,59H,20-23,26,29-31H2,1-9H3,(H,60,66)(H,61,65,68)/t38-,42?/m0/s1. The first kappa shape index (κ1) is 56.3. The van der Waals surface area contributed by atoms with Crippen LogP contribution in [-0.2, 0) is 57.9 Å². The van der Waals surface area contributed by atoms with Gasteiger partial charge in [0.25, 0.3) is 0 Å². The van der Waals surface area contributed by atoms with E-state index in [1.165, 1.54) is 19.5 Å². The second kappa shape index (κ2) is 21.9. The van der Waals surface area contributed by atoms with Crippen LogP contribution in [0.4, 0.5) is 15.8 Å². The van der Waals surface area contributed by atoms with Crippen LogP contribution >= 0.6 is 22.9 Å². The minimum absolute atomic E-state index is 0.0159. The zero-order valence-electron chi connectivity index (χ0n) is 44.3. The predicted molar refractivity (Wildman–Crippen MR) is 294 cm³/mol. The van der Waals surface area contributed by atoms with Gasteiger partial charge < -0.3 is 24.8 Å². The normalized spacial score (nSPS) is 17.2. The van der Waals surface area contributed by atoms with Crippen molar-refractivity contribution in [2.24, 2.45) is 7.05 Å². The molecule has 3 amide bonds. The number of rotatable bonds is 15. The largest absolute Gasteiger partial charge is 0.479 e. The first-order chi connectivity index (χ1) is 36.1. The molecule has 8 rings (SSSR count). The average molecular weight is 1110 g/mol. The number of benzene rings is 4. The Morgan fingerprint density at radius 1 is 0.857 bits per heavy atom. The number of sulfonamides is 1. The van der Waals surface area contributed by atoms with Crippen molar-refractivity contribution >= 4 is 85.0 Å². The van der Waals surface area contributed by atoms with Gasteiger partial charge in [0.05, 0.1) is 28.1 Å². The van der Waals surface area contributed by atoms with Crippen molar-refractivity contribution in [3.63, 3.8) is 0 Å². The molecule has 4 heterocycles. The molecule has 2 aromatic heterocycles. The number of fused-ring (bicyclic) bond motifs is 1. The van der Waals surface area contributed by atoms with Crippen LogP contribution in [0.2, 0.25) is 5.02 Å². The van der Waals surface area contributed by atoms with E-state index in [0.717, 1.165) is 17.0 Å². The van der Waals surface area contributed by atoms with Crippen LogP contribution in [0.25, 0.3) is 32.6 Å². The minimum atomic E-state index is -3.86. The van der Waals surface area contributed by atoms with Crippen molar-refractivity contribution in [1.29, 1.82) is 0 Å². The maximum absolute atomic E-state index is 15.8. The number of aromatic nitrogens is 2. The van der Waals surface area contributed by atoms with Crippen molar-refractivity contribution in [2.45, 2.75) is 122 Å². The zero-order chi connectivity index (χ0) is 55.9. The molecular formula is C56H62ClFN6O11S2. The molecule has 4 aromatic carbocycles.